The van der Waals surface area contributed by atoms with Crippen LogP contribution in [-0.2, 0) is 0 Å². The third-order valence-corrected chi connectivity index (χ3v) is 2.64. The molecule has 1 aliphatic carbocycles. The fraction of sp³-hybridized carbons (Fsp3) is 1.00. The maximum atomic E-state index is 2.28. The van der Waals surface area contributed by atoms with Gasteiger partial charge >= 0.3 is 0 Å². The van der Waals surface area contributed by atoms with E-state index in [0.717, 1.165) is 5.92 Å². The second-order valence-electron chi connectivity index (χ2n) is 3.69. The second-order valence-corrected chi connectivity index (χ2v) is 3.69. The highest BCUT2D eigenvalue weighted by molar-refractivity contribution is 4.51. The Morgan fingerprint density at radius 1 is 0.818 bits per heavy atom. The fourth-order valence-corrected chi connectivity index (χ4v) is 1.17. The van der Waals surface area contributed by atoms with Crippen LogP contribution < -0.4 is 0 Å². The third kappa shape index (κ3) is 7.90. The Bertz CT molecular complexity index is 50.8. The summed E-state index contributed by atoms with van der Waals surface area (Å²) in [5, 5.41) is 0. The van der Waals surface area contributed by atoms with Gasteiger partial charge in [-0.2, -0.15) is 0 Å². The van der Waals surface area contributed by atoms with Crippen LogP contribution in [0.1, 0.15) is 65.7 Å². The molecule has 1 rings (SSSR count). The molecule has 0 aromatic heterocycles. The smallest absolute Gasteiger partial charge is 0.0448 e. The van der Waals surface area contributed by atoms with Crippen molar-refractivity contribution in [2.75, 3.05) is 0 Å². The summed E-state index contributed by atoms with van der Waals surface area (Å²) in [6.45, 7) is 6.74. The van der Waals surface area contributed by atoms with Gasteiger partial charge in [-0.1, -0.05) is 65.7 Å². The summed E-state index contributed by atoms with van der Waals surface area (Å²) in [4.78, 5) is 0. The Labute approximate surface area is 72.4 Å². The summed E-state index contributed by atoms with van der Waals surface area (Å²) in [6, 6.07) is 0. The van der Waals surface area contributed by atoms with Crippen molar-refractivity contribution in [3.63, 3.8) is 0 Å². The van der Waals surface area contributed by atoms with Gasteiger partial charge in [-0.05, 0) is 5.92 Å². The predicted molar refractivity (Wildman–Crippen MR) is 52.8 cm³/mol. The molecule has 0 heterocycles. The summed E-state index contributed by atoms with van der Waals surface area (Å²) in [5.74, 6) is 0.935. The molecule has 1 fully saturated rings. The van der Waals surface area contributed by atoms with E-state index in [1.165, 1.54) is 44.9 Å². The molecule has 0 N–H and O–H groups in total. The Kier molecular flexibility index (Phi) is 8.10. The molecule has 0 saturated heterocycles. The van der Waals surface area contributed by atoms with Crippen LogP contribution in [0.3, 0.4) is 0 Å². The lowest BCUT2D eigenvalue weighted by Crippen LogP contribution is -1.85. The monoisotopic (exact) mass is 156 g/mol. The van der Waals surface area contributed by atoms with E-state index < -0.39 is 0 Å². The van der Waals surface area contributed by atoms with E-state index in [4.69, 9.17) is 0 Å². The van der Waals surface area contributed by atoms with Gasteiger partial charge in [-0.25, -0.2) is 0 Å². The molecule has 0 heteroatoms. The molecule has 0 unspecified atom stereocenters. The van der Waals surface area contributed by atoms with Gasteiger partial charge in [0.1, 0.15) is 0 Å². The zero-order chi connectivity index (χ0) is 8.53. The van der Waals surface area contributed by atoms with E-state index in [-0.39, 0.29) is 0 Å². The van der Waals surface area contributed by atoms with Crippen molar-refractivity contribution in [2.45, 2.75) is 65.7 Å². The molecular weight excluding hydrogens is 132 g/mol. The van der Waals surface area contributed by atoms with Crippen molar-refractivity contribution in [2.24, 2.45) is 5.92 Å². The SMILES string of the molecule is C1CCCC1.CCC(C)CC. The summed E-state index contributed by atoms with van der Waals surface area (Å²) in [6.07, 6.45) is 10.2. The molecule has 0 aliphatic heterocycles. The van der Waals surface area contributed by atoms with Crippen LogP contribution in [0.15, 0.2) is 0 Å². The quantitative estimate of drug-likeness (QED) is 0.556. The summed E-state index contributed by atoms with van der Waals surface area (Å²) >= 11 is 0. The lowest BCUT2D eigenvalue weighted by molar-refractivity contribution is 0.544. The van der Waals surface area contributed by atoms with Crippen LogP contribution in [0.25, 0.3) is 0 Å². The van der Waals surface area contributed by atoms with Gasteiger partial charge in [-0.3, -0.25) is 0 Å². The number of hydrogen-bond acceptors (Lipinski definition) is 0. The van der Waals surface area contributed by atoms with Crippen LogP contribution in [0.5, 0.6) is 0 Å². The van der Waals surface area contributed by atoms with Gasteiger partial charge in [0, 0.05) is 0 Å². The highest BCUT2D eigenvalue weighted by atomic mass is 14.0. The van der Waals surface area contributed by atoms with Crippen LogP contribution in [0.2, 0.25) is 0 Å². The van der Waals surface area contributed by atoms with Crippen molar-refractivity contribution in [3.05, 3.63) is 0 Å². The number of hydrogen-bond donors (Lipinski definition) is 0. The molecular formula is C11H24. The van der Waals surface area contributed by atoms with Gasteiger partial charge in [0.05, 0.1) is 0 Å². The van der Waals surface area contributed by atoms with Gasteiger partial charge in [-0.15, -0.1) is 0 Å². The first-order chi connectivity index (χ1) is 5.31. The van der Waals surface area contributed by atoms with Crippen molar-refractivity contribution in [1.82, 2.24) is 0 Å². The van der Waals surface area contributed by atoms with Crippen LogP contribution in [0.4, 0.5) is 0 Å². The standard InChI is InChI=1S/C6H14.C5H10/c1-4-6(3)5-2;1-2-4-5-3-1/h6H,4-5H2,1-3H3;1-5H2. The zero-order valence-corrected chi connectivity index (χ0v) is 8.53. The van der Waals surface area contributed by atoms with E-state index in [0.29, 0.717) is 0 Å². The van der Waals surface area contributed by atoms with E-state index >= 15 is 0 Å². The summed E-state index contributed by atoms with van der Waals surface area (Å²) in [5.41, 5.74) is 0. The normalized spacial score (nSPS) is 16.4. The molecule has 1 aliphatic rings. The highest BCUT2D eigenvalue weighted by Crippen LogP contribution is 2.15. The minimum absolute atomic E-state index is 0.935. The van der Waals surface area contributed by atoms with Crippen LogP contribution in [-0.4, -0.2) is 0 Å². The summed E-state index contributed by atoms with van der Waals surface area (Å²) in [7, 11) is 0. The van der Waals surface area contributed by atoms with Crippen molar-refractivity contribution >= 4 is 0 Å². The average Bonchev–Trinajstić information content (AvgIpc) is 2.60. The van der Waals surface area contributed by atoms with Gasteiger partial charge in [0.25, 0.3) is 0 Å². The van der Waals surface area contributed by atoms with E-state index in [9.17, 15) is 0 Å². The van der Waals surface area contributed by atoms with E-state index in [2.05, 4.69) is 20.8 Å². The Morgan fingerprint density at radius 2 is 1.09 bits per heavy atom. The minimum Gasteiger partial charge on any atom is -0.0651 e. The Morgan fingerprint density at radius 3 is 1.18 bits per heavy atom. The van der Waals surface area contributed by atoms with E-state index in [1.54, 1.807) is 0 Å². The molecule has 0 atom stereocenters. The average molecular weight is 156 g/mol. The first kappa shape index (κ1) is 11.0. The van der Waals surface area contributed by atoms with Gasteiger partial charge in [0.15, 0.2) is 0 Å². The van der Waals surface area contributed by atoms with Crippen LogP contribution >= 0.6 is 0 Å². The predicted octanol–water partition coefficient (Wildman–Crippen LogP) is 4.39. The summed E-state index contributed by atoms with van der Waals surface area (Å²) < 4.78 is 0. The minimum atomic E-state index is 0.935. The third-order valence-electron chi connectivity index (χ3n) is 2.64. The molecule has 1 saturated carbocycles. The van der Waals surface area contributed by atoms with Crippen molar-refractivity contribution in [1.29, 1.82) is 0 Å². The molecule has 0 aromatic carbocycles. The van der Waals surface area contributed by atoms with Crippen molar-refractivity contribution in [3.8, 4) is 0 Å². The Hall–Kier alpha value is 0. The molecule has 11 heavy (non-hydrogen) atoms. The second kappa shape index (κ2) is 8.10. The van der Waals surface area contributed by atoms with Crippen molar-refractivity contribution < 1.29 is 0 Å². The Balaban J connectivity index is 0.000000183. The van der Waals surface area contributed by atoms with Gasteiger partial charge < -0.3 is 0 Å². The maximum Gasteiger partial charge on any atom is -0.0448 e. The van der Waals surface area contributed by atoms with Crippen LogP contribution in [0, 0.1) is 5.92 Å². The highest BCUT2D eigenvalue weighted by Gasteiger charge is 1.95. The first-order valence-electron chi connectivity index (χ1n) is 5.31. The molecule has 0 radical (unpaired) electrons. The molecule has 0 bridgehead atoms. The molecule has 0 aromatic rings. The maximum absolute atomic E-state index is 2.28. The lowest BCUT2D eigenvalue weighted by atomic mass is 10.1. The lowest BCUT2D eigenvalue weighted by Gasteiger charge is -1.98. The fourth-order valence-electron chi connectivity index (χ4n) is 1.17. The molecule has 0 nitrogen and oxygen atoms in total. The molecule has 0 amide bonds. The van der Waals surface area contributed by atoms with Gasteiger partial charge in [0.2, 0.25) is 0 Å². The molecule has 68 valence electrons. The number of rotatable bonds is 2. The first-order valence-corrected chi connectivity index (χ1v) is 5.31. The zero-order valence-electron chi connectivity index (χ0n) is 8.53. The van der Waals surface area contributed by atoms with E-state index in [1.807, 2.05) is 0 Å². The topological polar surface area (TPSA) is 0 Å². The largest absolute Gasteiger partial charge is 0.0651 e. The molecule has 0 spiro atoms.